The van der Waals surface area contributed by atoms with Crippen LogP contribution in [0.4, 0.5) is 5.95 Å². The van der Waals surface area contributed by atoms with E-state index in [4.69, 9.17) is 5.73 Å². The second-order valence-corrected chi connectivity index (χ2v) is 4.64. The molecule has 2 heterocycles. The third kappa shape index (κ3) is 2.35. The Morgan fingerprint density at radius 2 is 1.67 bits per heavy atom. The Hall–Kier alpha value is -2.09. The lowest BCUT2D eigenvalue weighted by Gasteiger charge is -2.09. The van der Waals surface area contributed by atoms with Crippen LogP contribution in [0.1, 0.15) is 20.8 Å². The van der Waals surface area contributed by atoms with Gasteiger partial charge < -0.3 is 15.6 Å². The van der Waals surface area contributed by atoms with Gasteiger partial charge in [-0.05, 0) is 20.8 Å². The van der Waals surface area contributed by atoms with Crippen molar-refractivity contribution in [1.82, 2.24) is 18.7 Å². The zero-order chi connectivity index (χ0) is 15.6. The van der Waals surface area contributed by atoms with Gasteiger partial charge in [0.05, 0.1) is 0 Å². The van der Waals surface area contributed by atoms with Crippen LogP contribution in [-0.2, 0) is 19.6 Å². The van der Waals surface area contributed by atoms with Crippen molar-refractivity contribution in [2.45, 2.75) is 40.4 Å². The monoisotopic (exact) mass is 294 g/mol. The molecular weight excluding hydrogens is 272 g/mol. The van der Waals surface area contributed by atoms with E-state index in [-0.39, 0.29) is 11.2 Å². The molecule has 0 atom stereocenters. The van der Waals surface area contributed by atoms with E-state index >= 15 is 0 Å². The lowest BCUT2D eigenvalue weighted by molar-refractivity contribution is 0.603. The minimum atomic E-state index is -0.316. The van der Waals surface area contributed by atoms with Crippen LogP contribution in [0.15, 0.2) is 9.59 Å². The predicted octanol–water partition coefficient (Wildman–Crippen LogP) is -0.210. The van der Waals surface area contributed by atoms with Crippen molar-refractivity contribution in [2.24, 2.45) is 5.73 Å². The molecule has 0 aliphatic rings. The van der Waals surface area contributed by atoms with Gasteiger partial charge >= 0.3 is 5.69 Å². The fourth-order valence-corrected chi connectivity index (χ4v) is 2.48. The maximum atomic E-state index is 12.6. The Kier molecular flexibility index (Phi) is 4.46. The molecular formula is C13H22N6O2. The summed E-state index contributed by atoms with van der Waals surface area (Å²) in [6, 6.07) is 0. The number of aromatic nitrogens is 4. The van der Waals surface area contributed by atoms with E-state index in [1.54, 1.807) is 11.5 Å². The van der Waals surface area contributed by atoms with Crippen molar-refractivity contribution in [3.63, 3.8) is 0 Å². The number of hydrogen-bond acceptors (Lipinski definition) is 5. The SMILES string of the molecule is CCn1c(=O)c2c(nc(NCCN)n2CC)n(CC)c1=O. The van der Waals surface area contributed by atoms with Crippen LogP contribution in [0, 0.1) is 0 Å². The molecule has 0 amide bonds. The summed E-state index contributed by atoms with van der Waals surface area (Å²) in [7, 11) is 0. The van der Waals surface area contributed by atoms with Gasteiger partial charge in [-0.2, -0.15) is 4.98 Å². The fraction of sp³-hybridized carbons (Fsp3) is 0.615. The number of nitrogens with one attached hydrogen (secondary N) is 1. The summed E-state index contributed by atoms with van der Waals surface area (Å²) < 4.78 is 4.57. The molecule has 21 heavy (non-hydrogen) atoms. The topological polar surface area (TPSA) is 99.9 Å². The molecule has 0 radical (unpaired) electrons. The first-order valence-electron chi connectivity index (χ1n) is 7.28. The van der Waals surface area contributed by atoms with Crippen LogP contribution < -0.4 is 22.3 Å². The quantitative estimate of drug-likeness (QED) is 0.768. The Labute approximate surface area is 122 Å². The molecule has 2 aromatic rings. The van der Waals surface area contributed by atoms with Gasteiger partial charge in [0.1, 0.15) is 0 Å². The Balaban J connectivity index is 2.87. The molecule has 0 aromatic carbocycles. The van der Waals surface area contributed by atoms with Crippen molar-refractivity contribution in [3.05, 3.63) is 20.8 Å². The van der Waals surface area contributed by atoms with E-state index < -0.39 is 0 Å². The van der Waals surface area contributed by atoms with E-state index in [0.29, 0.717) is 49.8 Å². The maximum Gasteiger partial charge on any atom is 0.332 e. The van der Waals surface area contributed by atoms with Crippen LogP contribution in [0.5, 0.6) is 0 Å². The van der Waals surface area contributed by atoms with Crippen LogP contribution in [0.3, 0.4) is 0 Å². The molecule has 0 aliphatic heterocycles. The Morgan fingerprint density at radius 3 is 2.19 bits per heavy atom. The van der Waals surface area contributed by atoms with E-state index in [9.17, 15) is 9.59 Å². The molecule has 8 heteroatoms. The molecule has 2 rings (SSSR count). The van der Waals surface area contributed by atoms with Gasteiger partial charge in [0.2, 0.25) is 5.95 Å². The number of aryl methyl sites for hydroxylation is 2. The van der Waals surface area contributed by atoms with Crippen molar-refractivity contribution >= 4 is 17.1 Å². The first-order valence-corrected chi connectivity index (χ1v) is 7.28. The third-order valence-electron chi connectivity index (χ3n) is 3.49. The zero-order valence-corrected chi connectivity index (χ0v) is 12.7. The summed E-state index contributed by atoms with van der Waals surface area (Å²) in [6.07, 6.45) is 0. The molecule has 0 unspecified atom stereocenters. The standard InChI is InChI=1S/C13H22N6O2/c1-4-17-9-10(16-12(17)15-8-7-14)18(5-2)13(21)19(6-3)11(9)20/h4-8,14H2,1-3H3,(H,15,16). The van der Waals surface area contributed by atoms with Crippen molar-refractivity contribution in [1.29, 1.82) is 0 Å². The minimum Gasteiger partial charge on any atom is -0.354 e. The largest absolute Gasteiger partial charge is 0.354 e. The molecule has 0 spiro atoms. The number of nitrogens with zero attached hydrogens (tertiary/aromatic N) is 4. The van der Waals surface area contributed by atoms with Crippen LogP contribution in [0.2, 0.25) is 0 Å². The lowest BCUT2D eigenvalue weighted by Crippen LogP contribution is -2.40. The highest BCUT2D eigenvalue weighted by Crippen LogP contribution is 2.15. The van der Waals surface area contributed by atoms with Gasteiger partial charge in [0.15, 0.2) is 11.2 Å². The number of fused-ring (bicyclic) bond motifs is 1. The number of rotatable bonds is 6. The van der Waals surface area contributed by atoms with Gasteiger partial charge in [-0.1, -0.05) is 0 Å². The van der Waals surface area contributed by atoms with Gasteiger partial charge in [-0.25, -0.2) is 4.79 Å². The summed E-state index contributed by atoms with van der Waals surface area (Å²) in [5.41, 5.74) is 5.77. The van der Waals surface area contributed by atoms with E-state index in [1.807, 2.05) is 13.8 Å². The van der Waals surface area contributed by atoms with Gasteiger partial charge in [0.25, 0.3) is 5.56 Å². The minimum absolute atomic E-state index is 0.294. The first-order chi connectivity index (χ1) is 10.1. The van der Waals surface area contributed by atoms with Crippen LogP contribution in [-0.4, -0.2) is 31.8 Å². The van der Waals surface area contributed by atoms with Gasteiger partial charge in [0, 0.05) is 32.7 Å². The van der Waals surface area contributed by atoms with Crippen molar-refractivity contribution in [3.8, 4) is 0 Å². The zero-order valence-electron chi connectivity index (χ0n) is 12.7. The molecule has 0 saturated carbocycles. The molecule has 0 saturated heterocycles. The highest BCUT2D eigenvalue weighted by atomic mass is 16.2. The second-order valence-electron chi connectivity index (χ2n) is 4.64. The molecule has 0 aliphatic carbocycles. The van der Waals surface area contributed by atoms with Gasteiger partial charge in [-0.3, -0.25) is 13.9 Å². The average Bonchev–Trinajstić information content (AvgIpc) is 2.84. The molecule has 8 nitrogen and oxygen atoms in total. The second kappa shape index (κ2) is 6.13. The first kappa shape index (κ1) is 15.3. The van der Waals surface area contributed by atoms with E-state index in [2.05, 4.69) is 10.3 Å². The highest BCUT2D eigenvalue weighted by molar-refractivity contribution is 5.74. The molecule has 116 valence electrons. The average molecular weight is 294 g/mol. The lowest BCUT2D eigenvalue weighted by atomic mass is 10.4. The Morgan fingerprint density at radius 1 is 1.05 bits per heavy atom. The maximum absolute atomic E-state index is 12.6. The summed E-state index contributed by atoms with van der Waals surface area (Å²) in [4.78, 5) is 29.3. The Bertz CT molecular complexity index is 755. The molecule has 0 fully saturated rings. The summed E-state index contributed by atoms with van der Waals surface area (Å²) in [5.74, 6) is 0.575. The third-order valence-corrected chi connectivity index (χ3v) is 3.49. The number of anilines is 1. The highest BCUT2D eigenvalue weighted by Gasteiger charge is 2.19. The predicted molar refractivity (Wildman–Crippen MR) is 82.8 cm³/mol. The van der Waals surface area contributed by atoms with E-state index in [0.717, 1.165) is 0 Å². The van der Waals surface area contributed by atoms with Crippen LogP contribution in [0.25, 0.3) is 11.2 Å². The van der Waals surface area contributed by atoms with E-state index in [1.165, 1.54) is 9.13 Å². The fourth-order valence-electron chi connectivity index (χ4n) is 2.48. The summed E-state index contributed by atoms with van der Waals surface area (Å²) in [6.45, 7) is 8.00. The summed E-state index contributed by atoms with van der Waals surface area (Å²) >= 11 is 0. The number of hydrogen-bond donors (Lipinski definition) is 2. The molecule has 2 aromatic heterocycles. The smallest absolute Gasteiger partial charge is 0.332 e. The van der Waals surface area contributed by atoms with Crippen molar-refractivity contribution in [2.75, 3.05) is 18.4 Å². The van der Waals surface area contributed by atoms with Crippen LogP contribution >= 0.6 is 0 Å². The molecule has 3 N–H and O–H groups in total. The normalized spacial score (nSPS) is 11.2. The van der Waals surface area contributed by atoms with Gasteiger partial charge in [-0.15, -0.1) is 0 Å². The van der Waals surface area contributed by atoms with Crippen molar-refractivity contribution < 1.29 is 0 Å². The summed E-state index contributed by atoms with van der Waals surface area (Å²) in [5, 5.41) is 3.10. The number of imidazole rings is 1. The molecule has 0 bridgehead atoms. The number of nitrogens with two attached hydrogens (primary N) is 1.